The molecule has 0 N–H and O–H groups in total. The van der Waals surface area contributed by atoms with Gasteiger partial charge in [0.15, 0.2) is 0 Å². The molecule has 0 aromatic heterocycles. The monoisotopic (exact) mass is 222 g/mol. The van der Waals surface area contributed by atoms with Gasteiger partial charge in [0.1, 0.15) is 6.61 Å². The van der Waals surface area contributed by atoms with Crippen molar-refractivity contribution < 1.29 is 9.53 Å². The molecule has 2 nitrogen and oxygen atoms in total. The van der Waals surface area contributed by atoms with Gasteiger partial charge in [-0.05, 0) is 46.1 Å². The number of hydrogen-bond donors (Lipinski definition) is 0. The van der Waals surface area contributed by atoms with Crippen LogP contribution >= 0.6 is 0 Å². The Labute approximate surface area is 98.7 Å². The quantitative estimate of drug-likeness (QED) is 0.372. The van der Waals surface area contributed by atoms with Gasteiger partial charge in [-0.2, -0.15) is 0 Å². The molecule has 0 aliphatic carbocycles. The fraction of sp³-hybridized carbons (Fsp3) is 0.500. The molecule has 0 saturated carbocycles. The van der Waals surface area contributed by atoms with E-state index < -0.39 is 0 Å². The van der Waals surface area contributed by atoms with Gasteiger partial charge in [0.25, 0.3) is 0 Å². The Balaban J connectivity index is 3.70. The summed E-state index contributed by atoms with van der Waals surface area (Å²) >= 11 is 0. The van der Waals surface area contributed by atoms with Crippen LogP contribution in [0.15, 0.2) is 36.0 Å². The predicted molar refractivity (Wildman–Crippen MR) is 68.2 cm³/mol. The number of esters is 1. The third-order valence-electron chi connectivity index (χ3n) is 2.13. The van der Waals surface area contributed by atoms with Crippen LogP contribution in [-0.4, -0.2) is 12.6 Å². The second-order valence-corrected chi connectivity index (χ2v) is 3.99. The molecule has 0 fully saturated rings. The first kappa shape index (κ1) is 14.7. The lowest BCUT2D eigenvalue weighted by atomic mass is 10.1. The van der Waals surface area contributed by atoms with E-state index in [9.17, 15) is 4.79 Å². The van der Waals surface area contributed by atoms with Crippen molar-refractivity contribution in [3.8, 4) is 0 Å². The Morgan fingerprint density at radius 3 is 2.56 bits per heavy atom. The molecule has 0 heterocycles. The van der Waals surface area contributed by atoms with Gasteiger partial charge in [-0.25, -0.2) is 4.79 Å². The Morgan fingerprint density at radius 2 is 2.00 bits per heavy atom. The molecule has 0 amide bonds. The zero-order chi connectivity index (χ0) is 12.4. The second kappa shape index (κ2) is 8.96. The molecular formula is C14H22O2. The van der Waals surface area contributed by atoms with Crippen LogP contribution in [0.4, 0.5) is 0 Å². The van der Waals surface area contributed by atoms with E-state index in [0.717, 1.165) is 19.3 Å². The SMILES string of the molecule is C=C(C)CCC/C(C)=C/COC(=O)/C=C/C. The smallest absolute Gasteiger partial charge is 0.330 e. The van der Waals surface area contributed by atoms with Crippen molar-refractivity contribution in [2.24, 2.45) is 0 Å². The summed E-state index contributed by atoms with van der Waals surface area (Å²) in [5.41, 5.74) is 2.47. The fourth-order valence-electron chi connectivity index (χ4n) is 1.22. The Hall–Kier alpha value is -1.31. The highest BCUT2D eigenvalue weighted by Gasteiger charge is 1.95. The Kier molecular flexibility index (Phi) is 8.22. The molecule has 0 aromatic rings. The lowest BCUT2D eigenvalue weighted by Crippen LogP contribution is -2.00. The van der Waals surface area contributed by atoms with Crippen LogP contribution in [0.3, 0.4) is 0 Å². The molecule has 2 heteroatoms. The van der Waals surface area contributed by atoms with E-state index in [1.807, 2.05) is 13.0 Å². The molecule has 0 bridgehead atoms. The molecule has 0 aliphatic rings. The second-order valence-electron chi connectivity index (χ2n) is 3.99. The van der Waals surface area contributed by atoms with Gasteiger partial charge in [-0.3, -0.25) is 0 Å². The van der Waals surface area contributed by atoms with E-state index in [1.54, 1.807) is 13.0 Å². The summed E-state index contributed by atoms with van der Waals surface area (Å²) in [6, 6.07) is 0. The average Bonchev–Trinajstić information content (AvgIpc) is 2.17. The minimum Gasteiger partial charge on any atom is -0.458 e. The van der Waals surface area contributed by atoms with E-state index in [2.05, 4.69) is 13.5 Å². The summed E-state index contributed by atoms with van der Waals surface area (Å²) in [7, 11) is 0. The minimum absolute atomic E-state index is 0.284. The van der Waals surface area contributed by atoms with Crippen LogP contribution in [-0.2, 0) is 9.53 Å². The van der Waals surface area contributed by atoms with E-state index in [1.165, 1.54) is 17.2 Å². The molecule has 16 heavy (non-hydrogen) atoms. The molecular weight excluding hydrogens is 200 g/mol. The number of carbonyl (C=O) groups is 1. The van der Waals surface area contributed by atoms with Crippen molar-refractivity contribution in [1.82, 2.24) is 0 Å². The normalized spacial score (nSPS) is 11.8. The Morgan fingerprint density at radius 1 is 1.31 bits per heavy atom. The molecule has 0 saturated heterocycles. The van der Waals surface area contributed by atoms with Crippen molar-refractivity contribution in [1.29, 1.82) is 0 Å². The molecule has 0 radical (unpaired) electrons. The third-order valence-corrected chi connectivity index (χ3v) is 2.13. The molecule has 90 valence electrons. The lowest BCUT2D eigenvalue weighted by molar-refractivity contribution is -0.136. The van der Waals surface area contributed by atoms with Crippen molar-refractivity contribution in [3.63, 3.8) is 0 Å². The van der Waals surface area contributed by atoms with Crippen molar-refractivity contribution >= 4 is 5.97 Å². The fourth-order valence-corrected chi connectivity index (χ4v) is 1.22. The summed E-state index contributed by atoms with van der Waals surface area (Å²) in [5.74, 6) is -0.284. The van der Waals surface area contributed by atoms with Gasteiger partial charge in [-0.1, -0.05) is 17.2 Å². The van der Waals surface area contributed by atoms with Gasteiger partial charge in [0, 0.05) is 6.08 Å². The summed E-state index contributed by atoms with van der Waals surface area (Å²) in [5, 5.41) is 0. The van der Waals surface area contributed by atoms with Crippen LogP contribution in [0.5, 0.6) is 0 Å². The largest absolute Gasteiger partial charge is 0.458 e. The van der Waals surface area contributed by atoms with Crippen LogP contribution in [0.2, 0.25) is 0 Å². The maximum absolute atomic E-state index is 11.0. The molecule has 0 spiro atoms. The number of rotatable bonds is 7. The molecule has 0 rings (SSSR count). The first-order valence-electron chi connectivity index (χ1n) is 5.65. The topological polar surface area (TPSA) is 26.3 Å². The summed E-state index contributed by atoms with van der Waals surface area (Å²) in [6.07, 6.45) is 8.26. The van der Waals surface area contributed by atoms with Crippen LogP contribution in [0, 0.1) is 0 Å². The average molecular weight is 222 g/mol. The van der Waals surface area contributed by atoms with Gasteiger partial charge in [0.05, 0.1) is 0 Å². The molecule has 0 aromatic carbocycles. The standard InChI is InChI=1S/C14H22O2/c1-5-7-14(15)16-11-10-13(4)9-6-8-12(2)3/h5,7,10H,2,6,8-9,11H2,1,3-4H3/b7-5+,13-10+. The van der Waals surface area contributed by atoms with Crippen molar-refractivity contribution in [2.75, 3.05) is 6.61 Å². The van der Waals surface area contributed by atoms with Gasteiger partial charge < -0.3 is 4.74 Å². The van der Waals surface area contributed by atoms with E-state index in [0.29, 0.717) is 6.61 Å². The highest BCUT2D eigenvalue weighted by atomic mass is 16.5. The number of allylic oxidation sites excluding steroid dienone is 3. The van der Waals surface area contributed by atoms with Crippen LogP contribution < -0.4 is 0 Å². The lowest BCUT2D eigenvalue weighted by Gasteiger charge is -2.02. The molecule has 0 atom stereocenters. The van der Waals surface area contributed by atoms with E-state index >= 15 is 0 Å². The first-order chi connectivity index (χ1) is 7.56. The van der Waals surface area contributed by atoms with Crippen LogP contribution in [0.25, 0.3) is 0 Å². The number of hydrogen-bond acceptors (Lipinski definition) is 2. The third kappa shape index (κ3) is 9.25. The van der Waals surface area contributed by atoms with Crippen molar-refractivity contribution in [3.05, 3.63) is 36.0 Å². The highest BCUT2D eigenvalue weighted by Crippen LogP contribution is 2.09. The predicted octanol–water partition coefficient (Wildman–Crippen LogP) is 3.80. The van der Waals surface area contributed by atoms with E-state index in [-0.39, 0.29) is 5.97 Å². The summed E-state index contributed by atoms with van der Waals surface area (Å²) < 4.78 is 4.96. The maximum Gasteiger partial charge on any atom is 0.330 e. The minimum atomic E-state index is -0.284. The number of ether oxygens (including phenoxy) is 1. The highest BCUT2D eigenvalue weighted by molar-refractivity contribution is 5.81. The summed E-state index contributed by atoms with van der Waals surface area (Å²) in [6.45, 7) is 10.1. The van der Waals surface area contributed by atoms with E-state index in [4.69, 9.17) is 4.74 Å². The summed E-state index contributed by atoms with van der Waals surface area (Å²) in [4.78, 5) is 11.0. The zero-order valence-corrected chi connectivity index (χ0v) is 10.6. The number of carbonyl (C=O) groups excluding carboxylic acids is 1. The van der Waals surface area contributed by atoms with Gasteiger partial charge >= 0.3 is 5.97 Å². The zero-order valence-electron chi connectivity index (χ0n) is 10.6. The molecule has 0 unspecified atom stereocenters. The van der Waals surface area contributed by atoms with Crippen LogP contribution in [0.1, 0.15) is 40.0 Å². The maximum atomic E-state index is 11.0. The van der Waals surface area contributed by atoms with Gasteiger partial charge in [0.2, 0.25) is 0 Å². The van der Waals surface area contributed by atoms with Crippen molar-refractivity contribution in [2.45, 2.75) is 40.0 Å². The van der Waals surface area contributed by atoms with Gasteiger partial charge in [-0.15, -0.1) is 6.58 Å². The first-order valence-corrected chi connectivity index (χ1v) is 5.65. The molecule has 0 aliphatic heterocycles. The Bertz CT molecular complexity index is 285.